The van der Waals surface area contributed by atoms with Gasteiger partial charge in [-0.15, -0.1) is 0 Å². The zero-order chi connectivity index (χ0) is 18.2. The van der Waals surface area contributed by atoms with Crippen LogP contribution in [0.3, 0.4) is 0 Å². The Bertz CT molecular complexity index is 635. The van der Waals surface area contributed by atoms with Crippen molar-refractivity contribution < 1.29 is 27.4 Å². The normalized spacial score (nSPS) is 11.0. The molecule has 0 saturated heterocycles. The standard InChI is InChI=1S/C15H24N2O6S/c1-5-6-7-24(19,20)16-10-14(18)17-11-8-12(21-2)15(23-4)13(9-11)22-3/h8-9,16H,5-7,10H2,1-4H3,(H,17,18). The summed E-state index contributed by atoms with van der Waals surface area (Å²) < 4.78 is 41.2. The summed E-state index contributed by atoms with van der Waals surface area (Å²) in [5, 5.41) is 2.59. The van der Waals surface area contributed by atoms with Gasteiger partial charge in [0.1, 0.15) is 0 Å². The van der Waals surface area contributed by atoms with Gasteiger partial charge in [-0.3, -0.25) is 4.79 Å². The highest BCUT2D eigenvalue weighted by Gasteiger charge is 2.16. The highest BCUT2D eigenvalue weighted by Crippen LogP contribution is 2.39. The molecule has 0 aliphatic rings. The molecule has 136 valence electrons. The monoisotopic (exact) mass is 360 g/mol. The predicted octanol–water partition coefficient (Wildman–Crippen LogP) is 1.37. The number of anilines is 1. The van der Waals surface area contributed by atoms with E-state index < -0.39 is 15.9 Å². The molecule has 0 unspecified atom stereocenters. The molecule has 9 heteroatoms. The number of sulfonamides is 1. The van der Waals surface area contributed by atoms with E-state index in [2.05, 4.69) is 10.0 Å². The number of carbonyl (C=O) groups excluding carboxylic acids is 1. The van der Waals surface area contributed by atoms with Gasteiger partial charge in [-0.05, 0) is 6.42 Å². The average molecular weight is 360 g/mol. The first-order valence-electron chi connectivity index (χ1n) is 7.44. The van der Waals surface area contributed by atoms with Crippen LogP contribution in [0.25, 0.3) is 0 Å². The summed E-state index contributed by atoms with van der Waals surface area (Å²) in [5.74, 6) is 0.676. The van der Waals surface area contributed by atoms with Gasteiger partial charge in [0.15, 0.2) is 11.5 Å². The fourth-order valence-electron chi connectivity index (χ4n) is 1.94. The summed E-state index contributed by atoms with van der Waals surface area (Å²) in [6.45, 7) is 1.55. The van der Waals surface area contributed by atoms with E-state index in [1.54, 1.807) is 12.1 Å². The van der Waals surface area contributed by atoms with E-state index in [9.17, 15) is 13.2 Å². The van der Waals surface area contributed by atoms with Crippen LogP contribution >= 0.6 is 0 Å². The molecule has 1 aromatic rings. The largest absolute Gasteiger partial charge is 0.493 e. The Balaban J connectivity index is 2.77. The number of amides is 1. The van der Waals surface area contributed by atoms with E-state index >= 15 is 0 Å². The third-order valence-electron chi connectivity index (χ3n) is 3.17. The highest BCUT2D eigenvalue weighted by atomic mass is 32.2. The van der Waals surface area contributed by atoms with Crippen molar-refractivity contribution in [2.45, 2.75) is 19.8 Å². The fraction of sp³-hybridized carbons (Fsp3) is 0.533. The second-order valence-corrected chi connectivity index (χ2v) is 6.88. The Morgan fingerprint density at radius 2 is 1.67 bits per heavy atom. The van der Waals surface area contributed by atoms with Crippen LogP contribution < -0.4 is 24.2 Å². The van der Waals surface area contributed by atoms with Crippen molar-refractivity contribution in [1.82, 2.24) is 4.72 Å². The van der Waals surface area contributed by atoms with Gasteiger partial charge >= 0.3 is 0 Å². The molecule has 0 aliphatic carbocycles. The van der Waals surface area contributed by atoms with Crippen molar-refractivity contribution in [3.8, 4) is 17.2 Å². The van der Waals surface area contributed by atoms with E-state index in [-0.39, 0.29) is 12.3 Å². The van der Waals surface area contributed by atoms with Crippen molar-refractivity contribution in [2.75, 3.05) is 38.9 Å². The van der Waals surface area contributed by atoms with Gasteiger partial charge in [0.05, 0.1) is 33.6 Å². The van der Waals surface area contributed by atoms with Crippen LogP contribution in [0, 0.1) is 0 Å². The van der Waals surface area contributed by atoms with Crippen molar-refractivity contribution in [3.05, 3.63) is 12.1 Å². The minimum Gasteiger partial charge on any atom is -0.493 e. The summed E-state index contributed by atoms with van der Waals surface area (Å²) >= 11 is 0. The maximum absolute atomic E-state index is 11.9. The van der Waals surface area contributed by atoms with E-state index in [0.29, 0.717) is 29.4 Å². The van der Waals surface area contributed by atoms with E-state index in [4.69, 9.17) is 14.2 Å². The number of hydrogen-bond acceptors (Lipinski definition) is 6. The second-order valence-electron chi connectivity index (χ2n) is 4.96. The third-order valence-corrected chi connectivity index (χ3v) is 4.58. The lowest BCUT2D eigenvalue weighted by Gasteiger charge is -2.14. The molecule has 0 aromatic heterocycles. The van der Waals surface area contributed by atoms with Gasteiger partial charge in [0.25, 0.3) is 0 Å². The molecule has 2 N–H and O–H groups in total. The van der Waals surface area contributed by atoms with Crippen LogP contribution in [0.4, 0.5) is 5.69 Å². The second kappa shape index (κ2) is 9.33. The summed E-state index contributed by atoms with van der Waals surface area (Å²) in [5.41, 5.74) is 0.405. The lowest BCUT2D eigenvalue weighted by atomic mass is 10.2. The summed E-state index contributed by atoms with van der Waals surface area (Å²) in [7, 11) is 0.954. The van der Waals surface area contributed by atoms with E-state index in [0.717, 1.165) is 6.42 Å². The molecule has 0 fully saturated rings. The van der Waals surface area contributed by atoms with Gasteiger partial charge in [-0.2, -0.15) is 0 Å². The molecule has 1 amide bonds. The molecule has 0 spiro atoms. The maximum Gasteiger partial charge on any atom is 0.239 e. The quantitative estimate of drug-likeness (QED) is 0.653. The van der Waals surface area contributed by atoms with Crippen LogP contribution in [0.2, 0.25) is 0 Å². The molecule has 0 heterocycles. The van der Waals surface area contributed by atoms with Crippen LogP contribution in [0.1, 0.15) is 19.8 Å². The zero-order valence-corrected chi connectivity index (χ0v) is 15.2. The third kappa shape index (κ3) is 5.89. The Morgan fingerprint density at radius 3 is 2.12 bits per heavy atom. The van der Waals surface area contributed by atoms with Gasteiger partial charge in [-0.1, -0.05) is 13.3 Å². The van der Waals surface area contributed by atoms with Crippen molar-refractivity contribution in [2.24, 2.45) is 0 Å². The fourth-order valence-corrected chi connectivity index (χ4v) is 3.10. The van der Waals surface area contributed by atoms with Crippen LogP contribution in [-0.2, 0) is 14.8 Å². The average Bonchev–Trinajstić information content (AvgIpc) is 2.57. The smallest absolute Gasteiger partial charge is 0.239 e. The summed E-state index contributed by atoms with van der Waals surface area (Å²) in [6, 6.07) is 3.12. The minimum absolute atomic E-state index is 0.000954. The van der Waals surface area contributed by atoms with Crippen molar-refractivity contribution in [1.29, 1.82) is 0 Å². The minimum atomic E-state index is -3.45. The van der Waals surface area contributed by atoms with E-state index in [1.165, 1.54) is 21.3 Å². The number of ether oxygens (including phenoxy) is 3. The number of hydrogen-bond donors (Lipinski definition) is 2. The maximum atomic E-state index is 11.9. The first-order chi connectivity index (χ1) is 11.4. The first kappa shape index (κ1) is 20.0. The van der Waals surface area contributed by atoms with Crippen molar-refractivity contribution >= 4 is 21.6 Å². The van der Waals surface area contributed by atoms with Crippen molar-refractivity contribution in [3.63, 3.8) is 0 Å². The Hall–Kier alpha value is -2.00. The van der Waals surface area contributed by atoms with Crippen LogP contribution in [0.15, 0.2) is 12.1 Å². The molecule has 24 heavy (non-hydrogen) atoms. The number of rotatable bonds is 10. The molecule has 0 radical (unpaired) electrons. The molecular weight excluding hydrogens is 336 g/mol. The molecule has 0 saturated carbocycles. The predicted molar refractivity (Wildman–Crippen MR) is 91.4 cm³/mol. The topological polar surface area (TPSA) is 103 Å². The Kier molecular flexibility index (Phi) is 7.80. The number of unbranched alkanes of at least 4 members (excludes halogenated alkanes) is 1. The number of nitrogens with one attached hydrogen (secondary N) is 2. The molecular formula is C15H24N2O6S. The highest BCUT2D eigenvalue weighted by molar-refractivity contribution is 7.89. The van der Waals surface area contributed by atoms with E-state index in [1.807, 2.05) is 6.92 Å². The lowest BCUT2D eigenvalue weighted by molar-refractivity contribution is -0.115. The molecule has 0 bridgehead atoms. The molecule has 1 rings (SSSR count). The van der Waals surface area contributed by atoms with Crippen LogP contribution in [-0.4, -0.2) is 48.0 Å². The summed E-state index contributed by atoms with van der Waals surface area (Å²) in [6.07, 6.45) is 1.31. The zero-order valence-electron chi connectivity index (χ0n) is 14.3. The SMILES string of the molecule is CCCCS(=O)(=O)NCC(=O)Nc1cc(OC)c(OC)c(OC)c1. The summed E-state index contributed by atoms with van der Waals surface area (Å²) in [4.78, 5) is 11.9. The Morgan fingerprint density at radius 1 is 1.08 bits per heavy atom. The number of methoxy groups -OCH3 is 3. The van der Waals surface area contributed by atoms with Crippen LogP contribution in [0.5, 0.6) is 17.2 Å². The first-order valence-corrected chi connectivity index (χ1v) is 9.09. The van der Waals surface area contributed by atoms with Gasteiger partial charge < -0.3 is 19.5 Å². The van der Waals surface area contributed by atoms with Gasteiger partial charge in [0, 0.05) is 17.8 Å². The van der Waals surface area contributed by atoms with Gasteiger partial charge in [-0.25, -0.2) is 13.1 Å². The molecule has 0 atom stereocenters. The van der Waals surface area contributed by atoms with Gasteiger partial charge in [0.2, 0.25) is 21.7 Å². The number of carbonyl (C=O) groups is 1. The number of benzene rings is 1. The molecule has 8 nitrogen and oxygen atoms in total. The molecule has 0 aliphatic heterocycles. The Labute approximate surface area is 142 Å². The molecule has 1 aromatic carbocycles. The lowest BCUT2D eigenvalue weighted by Crippen LogP contribution is -2.34.